The number of hydrogen-bond donors (Lipinski definition) is 1. The number of piperidine rings is 2. The average molecular weight is 773 g/mol. The number of nitrogen functional groups attached to an aromatic ring is 1. The van der Waals surface area contributed by atoms with Crippen LogP contribution in [0.25, 0.3) is 0 Å². The van der Waals surface area contributed by atoms with Crippen molar-refractivity contribution in [1.29, 1.82) is 0 Å². The van der Waals surface area contributed by atoms with Crippen LogP contribution in [-0.2, 0) is 9.47 Å². The van der Waals surface area contributed by atoms with Crippen LogP contribution in [0.15, 0.2) is 45.3 Å². The summed E-state index contributed by atoms with van der Waals surface area (Å²) < 4.78 is 24.0. The van der Waals surface area contributed by atoms with Gasteiger partial charge < -0.3 is 34.5 Å². The minimum Gasteiger partial charge on any atom is -0.489 e. The number of non-ortho nitro benzene ring substituents is 1. The number of likely N-dealkylation sites (tertiary alicyclic amines) is 2. The summed E-state index contributed by atoms with van der Waals surface area (Å²) >= 11 is 6.75. The first-order valence-corrected chi connectivity index (χ1v) is 16.8. The van der Waals surface area contributed by atoms with E-state index in [1.807, 2.05) is 59.7 Å². The highest BCUT2D eigenvalue weighted by molar-refractivity contribution is 9.11. The van der Waals surface area contributed by atoms with Crippen LogP contribution < -0.4 is 15.2 Å². The first-order valence-electron chi connectivity index (χ1n) is 15.2. The van der Waals surface area contributed by atoms with Gasteiger partial charge in [-0.2, -0.15) is 0 Å². The number of hydrogen-bond acceptors (Lipinski definition) is 9. The molecule has 4 rings (SSSR count). The molecular formula is C32H44Br2N4O8. The van der Waals surface area contributed by atoms with E-state index in [0.29, 0.717) is 54.9 Å². The molecule has 2 aliphatic heterocycles. The van der Waals surface area contributed by atoms with Gasteiger partial charge in [0.25, 0.3) is 5.69 Å². The first-order chi connectivity index (χ1) is 21.4. The van der Waals surface area contributed by atoms with Gasteiger partial charge in [0.1, 0.15) is 34.9 Å². The van der Waals surface area contributed by atoms with Crippen LogP contribution >= 0.6 is 31.9 Å². The number of rotatable bonds is 5. The van der Waals surface area contributed by atoms with Gasteiger partial charge >= 0.3 is 12.2 Å². The van der Waals surface area contributed by atoms with E-state index in [0.717, 1.165) is 23.1 Å². The second-order valence-electron chi connectivity index (χ2n) is 13.1. The molecule has 14 heteroatoms. The van der Waals surface area contributed by atoms with Gasteiger partial charge in [0.15, 0.2) is 0 Å². The standard InChI is InChI=1S/C16H21BrN2O5.C16H23BrN2O3/c1-16(2,3)24-15(20)18-8-6-12(7-9-18)23-14-5-4-11(19(21)22)10-13(14)17;1-16(2,3)22-15(20)19-8-6-12(7-9-19)21-14-5-4-11(18)10-13(14)17/h4-5,10,12H,6-9H2,1-3H3;4-5,10,12H,6-9,18H2,1-3H3. The second kappa shape index (κ2) is 16.0. The Morgan fingerprint density at radius 2 is 1.15 bits per heavy atom. The summed E-state index contributed by atoms with van der Waals surface area (Å²) in [4.78, 5) is 37.8. The van der Waals surface area contributed by atoms with Crippen molar-refractivity contribution in [2.75, 3.05) is 31.9 Å². The molecule has 2 aromatic carbocycles. The van der Waals surface area contributed by atoms with Gasteiger partial charge in [-0.1, -0.05) is 0 Å². The van der Waals surface area contributed by atoms with Crippen LogP contribution in [0.4, 0.5) is 21.0 Å². The van der Waals surface area contributed by atoms with Crippen molar-refractivity contribution in [3.63, 3.8) is 0 Å². The van der Waals surface area contributed by atoms with Crippen LogP contribution in [0.3, 0.4) is 0 Å². The van der Waals surface area contributed by atoms with Gasteiger partial charge in [-0.3, -0.25) is 10.1 Å². The fourth-order valence-corrected chi connectivity index (χ4v) is 5.59. The fraction of sp³-hybridized carbons (Fsp3) is 0.562. The van der Waals surface area contributed by atoms with E-state index in [-0.39, 0.29) is 30.1 Å². The number of halogens is 2. The molecule has 46 heavy (non-hydrogen) atoms. The maximum atomic E-state index is 12.0. The number of benzene rings is 2. The molecule has 0 aromatic heterocycles. The van der Waals surface area contributed by atoms with Crippen LogP contribution in [0.1, 0.15) is 67.2 Å². The van der Waals surface area contributed by atoms with E-state index in [4.69, 9.17) is 24.7 Å². The molecule has 0 unspecified atom stereocenters. The fourth-order valence-electron chi connectivity index (χ4n) is 4.64. The van der Waals surface area contributed by atoms with Crippen LogP contribution in [0.2, 0.25) is 0 Å². The number of nitro groups is 1. The van der Waals surface area contributed by atoms with Crippen molar-refractivity contribution >= 4 is 55.4 Å². The van der Waals surface area contributed by atoms with E-state index in [9.17, 15) is 19.7 Å². The third kappa shape index (κ3) is 12.2. The zero-order valence-electron chi connectivity index (χ0n) is 27.2. The molecule has 2 aromatic rings. The lowest BCUT2D eigenvalue weighted by atomic mass is 10.1. The lowest BCUT2D eigenvalue weighted by molar-refractivity contribution is -0.385. The number of carbonyl (C=O) groups excluding carboxylic acids is 2. The molecule has 12 nitrogen and oxygen atoms in total. The predicted octanol–water partition coefficient (Wildman–Crippen LogP) is 7.95. The number of carbonyl (C=O) groups is 2. The molecule has 0 bridgehead atoms. The van der Waals surface area contributed by atoms with E-state index in [1.165, 1.54) is 12.1 Å². The summed E-state index contributed by atoms with van der Waals surface area (Å²) in [5, 5.41) is 10.7. The number of nitrogens with two attached hydrogens (primary N) is 1. The molecule has 2 fully saturated rings. The van der Waals surface area contributed by atoms with Crippen molar-refractivity contribution in [1.82, 2.24) is 9.80 Å². The molecule has 2 aliphatic rings. The highest BCUT2D eigenvalue weighted by Crippen LogP contribution is 2.32. The van der Waals surface area contributed by atoms with Crippen LogP contribution in [0.5, 0.6) is 11.5 Å². The number of nitrogens with zero attached hydrogens (tertiary/aromatic N) is 3. The van der Waals surface area contributed by atoms with Crippen molar-refractivity contribution in [2.24, 2.45) is 0 Å². The van der Waals surface area contributed by atoms with Gasteiger partial charge in [-0.15, -0.1) is 0 Å². The zero-order chi connectivity index (χ0) is 34.2. The molecular weight excluding hydrogens is 728 g/mol. The minimum absolute atomic E-state index is 0.00831. The smallest absolute Gasteiger partial charge is 0.410 e. The summed E-state index contributed by atoms with van der Waals surface area (Å²) in [7, 11) is 0. The van der Waals surface area contributed by atoms with E-state index < -0.39 is 16.1 Å². The predicted molar refractivity (Wildman–Crippen MR) is 182 cm³/mol. The lowest BCUT2D eigenvalue weighted by Gasteiger charge is -2.33. The van der Waals surface area contributed by atoms with Crippen molar-refractivity contribution in [3.8, 4) is 11.5 Å². The van der Waals surface area contributed by atoms with Crippen LogP contribution in [0, 0.1) is 10.1 Å². The van der Waals surface area contributed by atoms with E-state index in [2.05, 4.69) is 31.9 Å². The summed E-state index contributed by atoms with van der Waals surface area (Å²) in [6.07, 6.45) is 2.44. The SMILES string of the molecule is CC(C)(C)OC(=O)N1CCC(Oc2ccc(N)cc2Br)CC1.CC(C)(C)OC(=O)N1CCC(Oc2ccc([N+](=O)[O-])cc2Br)CC1. The lowest BCUT2D eigenvalue weighted by Crippen LogP contribution is -2.44. The Morgan fingerprint density at radius 1 is 0.761 bits per heavy atom. The minimum atomic E-state index is -0.506. The van der Waals surface area contributed by atoms with Gasteiger partial charge in [0.05, 0.1) is 13.9 Å². The van der Waals surface area contributed by atoms with Crippen molar-refractivity contribution in [2.45, 2.75) is 90.6 Å². The summed E-state index contributed by atoms with van der Waals surface area (Å²) in [6.45, 7) is 13.6. The Bertz CT molecular complexity index is 1360. The number of ether oxygens (including phenoxy) is 4. The number of nitro benzene ring substituents is 1. The molecule has 254 valence electrons. The van der Waals surface area contributed by atoms with Crippen molar-refractivity contribution < 1.29 is 33.5 Å². The van der Waals surface area contributed by atoms with Crippen molar-refractivity contribution in [3.05, 3.63) is 55.5 Å². The van der Waals surface area contributed by atoms with Gasteiger partial charge in [0, 0.05) is 69.7 Å². The van der Waals surface area contributed by atoms with E-state index >= 15 is 0 Å². The third-order valence-corrected chi connectivity index (χ3v) is 8.10. The Labute approximate surface area is 287 Å². The average Bonchev–Trinajstić information content (AvgIpc) is 2.95. The second-order valence-corrected chi connectivity index (χ2v) is 14.8. The van der Waals surface area contributed by atoms with E-state index in [1.54, 1.807) is 15.9 Å². The Morgan fingerprint density at radius 3 is 1.50 bits per heavy atom. The largest absolute Gasteiger partial charge is 0.489 e. The molecule has 0 saturated carbocycles. The van der Waals surface area contributed by atoms with Gasteiger partial charge in [-0.25, -0.2) is 9.59 Å². The highest BCUT2D eigenvalue weighted by Gasteiger charge is 2.29. The van der Waals surface area contributed by atoms with Gasteiger partial charge in [0.2, 0.25) is 0 Å². The normalized spacial score (nSPS) is 16.2. The number of anilines is 1. The molecule has 2 saturated heterocycles. The monoisotopic (exact) mass is 770 g/mol. The molecule has 0 radical (unpaired) electrons. The molecule has 0 atom stereocenters. The zero-order valence-corrected chi connectivity index (χ0v) is 30.4. The molecule has 2 amide bonds. The molecule has 0 aliphatic carbocycles. The quantitative estimate of drug-likeness (QED) is 0.182. The topological polar surface area (TPSA) is 147 Å². The summed E-state index contributed by atoms with van der Waals surface area (Å²) in [6, 6.07) is 9.92. The number of amides is 2. The van der Waals surface area contributed by atoms with Gasteiger partial charge in [-0.05, 0) is 97.7 Å². The molecule has 0 spiro atoms. The molecule has 2 heterocycles. The maximum Gasteiger partial charge on any atom is 0.410 e. The first kappa shape index (κ1) is 37.2. The van der Waals surface area contributed by atoms with Crippen LogP contribution in [-0.4, -0.2) is 76.5 Å². The Kier molecular flexibility index (Phi) is 13.0. The third-order valence-electron chi connectivity index (χ3n) is 6.86. The Balaban J connectivity index is 0.000000251. The Hall–Kier alpha value is -3.26. The maximum absolute atomic E-state index is 12.0. The molecule has 2 N–H and O–H groups in total. The highest BCUT2D eigenvalue weighted by atomic mass is 79.9. The summed E-state index contributed by atoms with van der Waals surface area (Å²) in [5.74, 6) is 1.35. The summed E-state index contributed by atoms with van der Waals surface area (Å²) in [5.41, 5.74) is 5.46.